The number of aryl methyl sites for hydroxylation is 1. The third kappa shape index (κ3) is 3.38. The number of hydrogen-bond acceptors (Lipinski definition) is 3. The van der Waals surface area contributed by atoms with Gasteiger partial charge in [-0.25, -0.2) is 0 Å². The predicted molar refractivity (Wildman–Crippen MR) is 59.4 cm³/mol. The Balaban J connectivity index is 2.23. The first-order valence-electron chi connectivity index (χ1n) is 5.16. The molecule has 0 bridgehead atoms. The molecule has 14 heavy (non-hydrogen) atoms. The zero-order chi connectivity index (χ0) is 10.4. The molecule has 0 fully saturated rings. The fourth-order valence-corrected chi connectivity index (χ4v) is 1.29. The number of anilines is 1. The van der Waals surface area contributed by atoms with Crippen LogP contribution in [0.15, 0.2) is 12.3 Å². The van der Waals surface area contributed by atoms with E-state index in [-0.39, 0.29) is 0 Å². The maximum Gasteiger partial charge on any atom is 0.123 e. The van der Waals surface area contributed by atoms with Crippen LogP contribution in [0.5, 0.6) is 0 Å². The van der Waals surface area contributed by atoms with Crippen molar-refractivity contribution in [2.45, 2.75) is 13.8 Å². The summed E-state index contributed by atoms with van der Waals surface area (Å²) in [5, 5.41) is 10.8. The van der Waals surface area contributed by atoms with Gasteiger partial charge < -0.3 is 10.6 Å². The van der Waals surface area contributed by atoms with Crippen molar-refractivity contribution in [3.05, 3.63) is 12.3 Å². The molecule has 1 unspecified atom stereocenters. The Morgan fingerprint density at radius 1 is 1.50 bits per heavy atom. The number of aromatic nitrogens is 2. The number of hydrogen-bond donors (Lipinski definition) is 2. The lowest BCUT2D eigenvalue weighted by Gasteiger charge is -2.13. The van der Waals surface area contributed by atoms with E-state index in [9.17, 15) is 0 Å². The number of rotatable bonds is 6. The minimum Gasteiger partial charge on any atom is -0.370 e. The fraction of sp³-hybridized carbons (Fsp3) is 0.700. The van der Waals surface area contributed by atoms with Gasteiger partial charge in [0.15, 0.2) is 0 Å². The van der Waals surface area contributed by atoms with Crippen molar-refractivity contribution in [3.8, 4) is 0 Å². The van der Waals surface area contributed by atoms with Gasteiger partial charge in [0, 0.05) is 19.7 Å². The summed E-state index contributed by atoms with van der Waals surface area (Å²) in [4.78, 5) is 0. The van der Waals surface area contributed by atoms with Crippen LogP contribution >= 0.6 is 0 Å². The molecule has 1 rings (SSSR count). The molecule has 1 aromatic rings. The van der Waals surface area contributed by atoms with Gasteiger partial charge in [-0.3, -0.25) is 4.68 Å². The van der Waals surface area contributed by atoms with Crippen LogP contribution in [0.3, 0.4) is 0 Å². The van der Waals surface area contributed by atoms with Crippen LogP contribution in [0, 0.1) is 5.92 Å². The molecule has 0 radical (unpaired) electrons. The van der Waals surface area contributed by atoms with Crippen molar-refractivity contribution >= 4 is 5.82 Å². The highest BCUT2D eigenvalue weighted by molar-refractivity contribution is 5.33. The van der Waals surface area contributed by atoms with E-state index in [1.54, 1.807) is 6.20 Å². The van der Waals surface area contributed by atoms with E-state index in [1.165, 1.54) is 0 Å². The van der Waals surface area contributed by atoms with Crippen LogP contribution in [0.1, 0.15) is 13.8 Å². The monoisotopic (exact) mass is 196 g/mol. The van der Waals surface area contributed by atoms with Gasteiger partial charge in [-0.2, -0.15) is 5.10 Å². The normalized spacial score (nSPS) is 12.8. The Morgan fingerprint density at radius 3 is 2.86 bits per heavy atom. The molecule has 1 heterocycles. The van der Waals surface area contributed by atoms with E-state index in [0.29, 0.717) is 5.92 Å². The lowest BCUT2D eigenvalue weighted by atomic mass is 10.2. The van der Waals surface area contributed by atoms with Crippen LogP contribution in [-0.4, -0.2) is 29.4 Å². The average molecular weight is 196 g/mol. The molecule has 0 aliphatic heterocycles. The van der Waals surface area contributed by atoms with Crippen LogP contribution < -0.4 is 10.6 Å². The van der Waals surface area contributed by atoms with Crippen molar-refractivity contribution in [2.24, 2.45) is 13.0 Å². The van der Waals surface area contributed by atoms with E-state index in [0.717, 1.165) is 25.5 Å². The van der Waals surface area contributed by atoms with Crippen LogP contribution in [0.4, 0.5) is 5.82 Å². The Bertz CT molecular complexity index is 256. The van der Waals surface area contributed by atoms with Crippen molar-refractivity contribution in [1.29, 1.82) is 0 Å². The van der Waals surface area contributed by atoms with Gasteiger partial charge in [0.25, 0.3) is 0 Å². The highest BCUT2D eigenvalue weighted by Gasteiger charge is 2.02. The first-order valence-corrected chi connectivity index (χ1v) is 5.16. The van der Waals surface area contributed by atoms with E-state index in [1.807, 2.05) is 17.8 Å². The maximum atomic E-state index is 4.10. The second-order valence-corrected chi connectivity index (χ2v) is 3.63. The lowest BCUT2D eigenvalue weighted by Crippen LogP contribution is -2.26. The average Bonchev–Trinajstić information content (AvgIpc) is 2.58. The minimum absolute atomic E-state index is 0.629. The molecule has 80 valence electrons. The Morgan fingerprint density at radius 2 is 2.29 bits per heavy atom. The highest BCUT2D eigenvalue weighted by atomic mass is 15.3. The van der Waals surface area contributed by atoms with E-state index < -0.39 is 0 Å². The minimum atomic E-state index is 0.629. The largest absolute Gasteiger partial charge is 0.370 e. The van der Waals surface area contributed by atoms with Crippen molar-refractivity contribution in [3.63, 3.8) is 0 Å². The van der Waals surface area contributed by atoms with Gasteiger partial charge in [-0.05, 0) is 19.0 Å². The lowest BCUT2D eigenvalue weighted by molar-refractivity contribution is 0.543. The van der Waals surface area contributed by atoms with Crippen LogP contribution in [0.2, 0.25) is 0 Å². The zero-order valence-electron chi connectivity index (χ0n) is 9.25. The van der Waals surface area contributed by atoms with Crippen molar-refractivity contribution in [1.82, 2.24) is 15.1 Å². The predicted octanol–water partition coefficient (Wildman–Crippen LogP) is 1.08. The summed E-state index contributed by atoms with van der Waals surface area (Å²) >= 11 is 0. The molecular formula is C10H20N4. The Kier molecular flexibility index (Phi) is 4.46. The Hall–Kier alpha value is -1.03. The standard InChI is InChI=1S/C10H20N4/c1-4-11-7-9(2)8-12-10-5-6-13-14(10)3/h5-6,9,11-12H,4,7-8H2,1-3H3. The molecule has 1 atom stereocenters. The summed E-state index contributed by atoms with van der Waals surface area (Å²) < 4.78 is 1.85. The SMILES string of the molecule is CCNCC(C)CNc1ccnn1C. The van der Waals surface area contributed by atoms with Crippen LogP contribution in [0.25, 0.3) is 0 Å². The maximum absolute atomic E-state index is 4.10. The molecular weight excluding hydrogens is 176 g/mol. The summed E-state index contributed by atoms with van der Waals surface area (Å²) in [6.07, 6.45) is 1.80. The summed E-state index contributed by atoms with van der Waals surface area (Å²) in [5.74, 6) is 1.71. The fourth-order valence-electron chi connectivity index (χ4n) is 1.29. The topological polar surface area (TPSA) is 41.9 Å². The number of nitrogens with one attached hydrogen (secondary N) is 2. The van der Waals surface area contributed by atoms with E-state index in [2.05, 4.69) is 29.6 Å². The van der Waals surface area contributed by atoms with Crippen molar-refractivity contribution < 1.29 is 0 Å². The molecule has 0 amide bonds. The first kappa shape index (κ1) is 11.0. The molecule has 0 aromatic carbocycles. The van der Waals surface area contributed by atoms with Crippen LogP contribution in [-0.2, 0) is 7.05 Å². The van der Waals surface area contributed by atoms with E-state index in [4.69, 9.17) is 0 Å². The molecule has 0 aliphatic carbocycles. The molecule has 4 heteroatoms. The second kappa shape index (κ2) is 5.65. The second-order valence-electron chi connectivity index (χ2n) is 3.63. The highest BCUT2D eigenvalue weighted by Crippen LogP contribution is 2.04. The van der Waals surface area contributed by atoms with Gasteiger partial charge in [0.1, 0.15) is 5.82 Å². The molecule has 1 aromatic heterocycles. The third-order valence-electron chi connectivity index (χ3n) is 2.20. The molecule has 0 spiro atoms. The van der Waals surface area contributed by atoms with Crippen molar-refractivity contribution in [2.75, 3.05) is 25.0 Å². The van der Waals surface area contributed by atoms with E-state index >= 15 is 0 Å². The van der Waals surface area contributed by atoms with Gasteiger partial charge in [-0.15, -0.1) is 0 Å². The third-order valence-corrected chi connectivity index (χ3v) is 2.20. The van der Waals surface area contributed by atoms with Gasteiger partial charge >= 0.3 is 0 Å². The van der Waals surface area contributed by atoms with Gasteiger partial charge in [0.2, 0.25) is 0 Å². The summed E-state index contributed by atoms with van der Waals surface area (Å²) in [6, 6.07) is 1.99. The first-order chi connectivity index (χ1) is 6.74. The smallest absolute Gasteiger partial charge is 0.123 e. The molecule has 2 N–H and O–H groups in total. The summed E-state index contributed by atoms with van der Waals surface area (Å²) in [5.41, 5.74) is 0. The summed E-state index contributed by atoms with van der Waals surface area (Å²) in [7, 11) is 1.94. The summed E-state index contributed by atoms with van der Waals surface area (Å²) in [6.45, 7) is 7.43. The zero-order valence-corrected chi connectivity index (χ0v) is 9.25. The quantitative estimate of drug-likeness (QED) is 0.715. The van der Waals surface area contributed by atoms with Gasteiger partial charge in [0.05, 0.1) is 6.20 Å². The Labute approximate surface area is 85.7 Å². The molecule has 0 saturated heterocycles. The number of nitrogens with zero attached hydrogens (tertiary/aromatic N) is 2. The molecule has 4 nitrogen and oxygen atoms in total. The molecule has 0 aliphatic rings. The van der Waals surface area contributed by atoms with Gasteiger partial charge in [-0.1, -0.05) is 13.8 Å². The molecule has 0 saturated carbocycles.